The van der Waals surface area contributed by atoms with Crippen molar-refractivity contribution in [3.05, 3.63) is 66.1 Å². The van der Waals surface area contributed by atoms with Gasteiger partial charge in [0, 0.05) is 29.2 Å². The highest BCUT2D eigenvalue weighted by atomic mass is 32.2. The molecule has 3 aromatic heterocycles. The molecule has 10 nitrogen and oxygen atoms in total. The van der Waals surface area contributed by atoms with Crippen molar-refractivity contribution in [1.82, 2.24) is 24.2 Å². The molecule has 2 atom stereocenters. The summed E-state index contributed by atoms with van der Waals surface area (Å²) in [6.45, 7) is 7.19. The molecule has 1 amide bonds. The molecule has 0 unspecified atom stereocenters. The summed E-state index contributed by atoms with van der Waals surface area (Å²) in [5, 5.41) is 6.13. The summed E-state index contributed by atoms with van der Waals surface area (Å²) in [6, 6.07) is 7.06. The van der Waals surface area contributed by atoms with E-state index in [9.17, 15) is 22.0 Å². The van der Waals surface area contributed by atoms with Crippen molar-refractivity contribution in [2.24, 2.45) is 0 Å². The maximum absolute atomic E-state index is 14.9. The molecular weight excluding hydrogens is 566 g/mol. The second kappa shape index (κ2) is 11.3. The Balaban J connectivity index is 1.45. The average molecular weight is 599 g/mol. The first-order chi connectivity index (χ1) is 19.8. The van der Waals surface area contributed by atoms with Crippen LogP contribution in [0.15, 0.2) is 53.8 Å². The van der Waals surface area contributed by atoms with Gasteiger partial charge in [0.1, 0.15) is 11.4 Å². The molecule has 1 aromatic carbocycles. The number of alkyl carbamates (subject to hydrolysis) is 1. The predicted molar refractivity (Wildman–Crippen MR) is 153 cm³/mol. The lowest BCUT2D eigenvalue weighted by molar-refractivity contribution is 0.0492. The van der Waals surface area contributed by atoms with Crippen LogP contribution in [-0.2, 0) is 14.8 Å². The van der Waals surface area contributed by atoms with Crippen LogP contribution in [0.3, 0.4) is 0 Å². The first kappa shape index (κ1) is 29.4. The highest BCUT2D eigenvalue weighted by Crippen LogP contribution is 2.32. The summed E-state index contributed by atoms with van der Waals surface area (Å²) < 4.78 is 62.6. The minimum absolute atomic E-state index is 0.00612. The zero-order chi connectivity index (χ0) is 30.2. The number of rotatable bonds is 6. The number of carbonyl (C=O) groups is 1. The summed E-state index contributed by atoms with van der Waals surface area (Å²) in [5.41, 5.74) is 0.413. The molecule has 3 heterocycles. The van der Waals surface area contributed by atoms with Crippen LogP contribution in [0.1, 0.15) is 52.0 Å². The zero-order valence-electron chi connectivity index (χ0n) is 23.7. The van der Waals surface area contributed by atoms with E-state index in [0.29, 0.717) is 12.8 Å². The normalized spacial score (nSPS) is 17.7. The molecule has 0 spiro atoms. The van der Waals surface area contributed by atoms with Crippen LogP contribution < -0.4 is 10.6 Å². The van der Waals surface area contributed by atoms with Gasteiger partial charge in [0.2, 0.25) is 0 Å². The molecule has 2 N–H and O–H groups in total. The molecule has 1 aliphatic rings. The third-order valence-electron chi connectivity index (χ3n) is 6.88. The molecule has 0 bridgehead atoms. The summed E-state index contributed by atoms with van der Waals surface area (Å²) in [4.78, 5) is 24.8. The van der Waals surface area contributed by atoms with E-state index in [1.807, 2.05) is 6.92 Å². The van der Waals surface area contributed by atoms with Crippen LogP contribution in [0.5, 0.6) is 0 Å². The van der Waals surface area contributed by atoms with Gasteiger partial charge in [-0.15, -0.1) is 0 Å². The number of nitrogens with zero attached hydrogens (tertiary/aromatic N) is 4. The van der Waals surface area contributed by atoms with Gasteiger partial charge in [-0.3, -0.25) is 0 Å². The molecule has 0 saturated heterocycles. The number of benzene rings is 1. The lowest BCUT2D eigenvalue weighted by Crippen LogP contribution is -2.44. The van der Waals surface area contributed by atoms with Crippen molar-refractivity contribution < 1.29 is 26.7 Å². The summed E-state index contributed by atoms with van der Waals surface area (Å²) in [6.07, 6.45) is 5.43. The van der Waals surface area contributed by atoms with Crippen molar-refractivity contribution in [1.29, 1.82) is 0 Å². The molecule has 222 valence electrons. The molecule has 1 fully saturated rings. The lowest BCUT2D eigenvalue weighted by atomic mass is 9.91. The van der Waals surface area contributed by atoms with Gasteiger partial charge in [0.05, 0.1) is 17.3 Å². The molecule has 0 aliphatic heterocycles. The number of anilines is 1. The summed E-state index contributed by atoms with van der Waals surface area (Å²) in [5.74, 6) is -1.48. The van der Waals surface area contributed by atoms with Gasteiger partial charge in [-0.25, -0.2) is 40.9 Å². The Hall–Kier alpha value is -4.13. The number of aromatic nitrogens is 4. The highest BCUT2D eigenvalue weighted by molar-refractivity contribution is 7.90. The van der Waals surface area contributed by atoms with Crippen molar-refractivity contribution in [2.45, 2.75) is 76.0 Å². The quantitative estimate of drug-likeness (QED) is 0.295. The molecule has 1 saturated carbocycles. The van der Waals surface area contributed by atoms with Gasteiger partial charge in [-0.2, -0.15) is 0 Å². The Morgan fingerprint density at radius 1 is 1.07 bits per heavy atom. The number of fused-ring (bicyclic) bond motifs is 1. The van der Waals surface area contributed by atoms with Crippen LogP contribution in [0, 0.1) is 18.6 Å². The van der Waals surface area contributed by atoms with E-state index in [-0.39, 0.29) is 45.2 Å². The van der Waals surface area contributed by atoms with Gasteiger partial charge < -0.3 is 15.4 Å². The number of ether oxygens (including phenoxy) is 1. The summed E-state index contributed by atoms with van der Waals surface area (Å²) in [7, 11) is -4.11. The Labute approximate surface area is 242 Å². The predicted octanol–water partition coefficient (Wildman–Crippen LogP) is 5.56. The van der Waals surface area contributed by atoms with Crippen LogP contribution >= 0.6 is 0 Å². The molecule has 42 heavy (non-hydrogen) atoms. The van der Waals surface area contributed by atoms with Crippen molar-refractivity contribution >= 4 is 33.0 Å². The number of hydrogen-bond acceptors (Lipinski definition) is 8. The van der Waals surface area contributed by atoms with Crippen molar-refractivity contribution in [3.8, 4) is 11.4 Å². The maximum atomic E-state index is 14.9. The van der Waals surface area contributed by atoms with Gasteiger partial charge in [0.15, 0.2) is 23.1 Å². The van der Waals surface area contributed by atoms with E-state index in [2.05, 4.69) is 25.6 Å². The largest absolute Gasteiger partial charge is 0.444 e. The fourth-order valence-corrected chi connectivity index (χ4v) is 6.28. The Kier molecular flexibility index (Phi) is 7.88. The SMILES string of the molecule is Cc1ccc(S(=O)(=O)n2cc(-c3ncc(F)c(N[C@H]4CCC[C@@H](NC(=O)OC(C)(C)C)C4)n3)c3cc(F)cnc32)cc1. The average Bonchev–Trinajstić information content (AvgIpc) is 3.29. The van der Waals surface area contributed by atoms with E-state index >= 15 is 0 Å². The molecule has 5 rings (SSSR count). The zero-order valence-corrected chi connectivity index (χ0v) is 24.5. The first-order valence-corrected chi connectivity index (χ1v) is 15.0. The lowest BCUT2D eigenvalue weighted by Gasteiger charge is -2.31. The van der Waals surface area contributed by atoms with Gasteiger partial charge in [-0.1, -0.05) is 17.7 Å². The van der Waals surface area contributed by atoms with Crippen LogP contribution in [0.25, 0.3) is 22.4 Å². The number of nitrogens with one attached hydrogen (secondary N) is 2. The van der Waals surface area contributed by atoms with Gasteiger partial charge >= 0.3 is 6.09 Å². The fourth-order valence-electron chi connectivity index (χ4n) is 4.96. The second-order valence-electron chi connectivity index (χ2n) is 11.4. The van der Waals surface area contributed by atoms with E-state index in [1.54, 1.807) is 32.9 Å². The Morgan fingerprint density at radius 3 is 2.50 bits per heavy atom. The van der Waals surface area contributed by atoms with E-state index in [1.165, 1.54) is 18.3 Å². The Bertz CT molecular complexity index is 1740. The number of carbonyl (C=O) groups excluding carboxylic acids is 1. The number of amides is 1. The fraction of sp³-hybridized carbons (Fsp3) is 0.379. The molecule has 0 radical (unpaired) electrons. The minimum atomic E-state index is -4.11. The number of aryl methyl sites for hydroxylation is 1. The number of halogens is 2. The first-order valence-electron chi connectivity index (χ1n) is 13.6. The highest BCUT2D eigenvalue weighted by Gasteiger charge is 2.28. The molecule has 13 heteroatoms. The van der Waals surface area contributed by atoms with Crippen molar-refractivity contribution in [2.75, 3.05) is 5.32 Å². The monoisotopic (exact) mass is 598 g/mol. The Morgan fingerprint density at radius 2 is 1.79 bits per heavy atom. The second-order valence-corrected chi connectivity index (χ2v) is 13.2. The number of hydrogen-bond donors (Lipinski definition) is 2. The van der Waals surface area contributed by atoms with Gasteiger partial charge in [-0.05, 0) is 71.6 Å². The third kappa shape index (κ3) is 6.35. The van der Waals surface area contributed by atoms with E-state index in [4.69, 9.17) is 4.74 Å². The van der Waals surface area contributed by atoms with E-state index < -0.39 is 33.4 Å². The van der Waals surface area contributed by atoms with E-state index in [0.717, 1.165) is 40.8 Å². The van der Waals surface area contributed by atoms with Crippen LogP contribution in [0.4, 0.5) is 19.4 Å². The minimum Gasteiger partial charge on any atom is -0.444 e. The molecule has 4 aromatic rings. The third-order valence-corrected chi connectivity index (χ3v) is 8.54. The standard InChI is InChI=1S/C29H32F2N6O4S/c1-17-8-10-21(11-9-17)42(39,40)37-16-23(22-12-18(30)14-33-27(22)37)25-32-15-24(31)26(36-25)34-19-6-5-7-20(13-19)35-28(38)41-29(2,3)4/h8-12,14-16,19-20H,5-7,13H2,1-4H3,(H,35,38)(H,32,34,36)/t19-,20+/m0/s1. The smallest absolute Gasteiger partial charge is 0.407 e. The number of pyridine rings is 1. The molecular formula is C29H32F2N6O4S. The van der Waals surface area contributed by atoms with Crippen LogP contribution in [-0.4, -0.2) is 51.1 Å². The summed E-state index contributed by atoms with van der Waals surface area (Å²) >= 11 is 0. The van der Waals surface area contributed by atoms with Crippen LogP contribution in [0.2, 0.25) is 0 Å². The molecule has 1 aliphatic carbocycles. The van der Waals surface area contributed by atoms with Crippen molar-refractivity contribution in [3.63, 3.8) is 0 Å². The topological polar surface area (TPSA) is 128 Å². The van der Waals surface area contributed by atoms with Gasteiger partial charge in [0.25, 0.3) is 10.0 Å². The maximum Gasteiger partial charge on any atom is 0.407 e.